The van der Waals surface area contributed by atoms with Crippen molar-refractivity contribution in [3.63, 3.8) is 0 Å². The molecule has 0 amide bonds. The van der Waals surface area contributed by atoms with Crippen LogP contribution in [0.1, 0.15) is 65.1 Å². The average molecular weight is 244 g/mol. The molecule has 0 bridgehead atoms. The highest BCUT2D eigenvalue weighted by Gasteiger charge is 2.34. The highest BCUT2D eigenvalue weighted by Crippen LogP contribution is 2.45. The van der Waals surface area contributed by atoms with E-state index in [1.807, 2.05) is 6.20 Å². The molecule has 0 aromatic carbocycles. The molecule has 0 saturated heterocycles. The van der Waals surface area contributed by atoms with Crippen molar-refractivity contribution in [3.05, 3.63) is 23.5 Å². The Balaban J connectivity index is 2.53. The van der Waals surface area contributed by atoms with Crippen molar-refractivity contribution in [2.75, 3.05) is 0 Å². The molecule has 1 aliphatic rings. The zero-order valence-corrected chi connectivity index (χ0v) is 12.4. The smallest absolute Gasteiger partial charge is 0.0885 e. The highest BCUT2D eigenvalue weighted by atomic mass is 14.9. The van der Waals surface area contributed by atoms with Gasteiger partial charge in [0.1, 0.15) is 0 Å². The van der Waals surface area contributed by atoms with Crippen LogP contribution in [0.4, 0.5) is 5.69 Å². The van der Waals surface area contributed by atoms with Crippen LogP contribution in [-0.4, -0.2) is 11.2 Å². The van der Waals surface area contributed by atoms with Crippen molar-refractivity contribution in [1.82, 2.24) is 4.98 Å². The summed E-state index contributed by atoms with van der Waals surface area (Å²) < 4.78 is 0. The maximum Gasteiger partial charge on any atom is 0.0885 e. The predicted octanol–water partition coefficient (Wildman–Crippen LogP) is 4.61. The van der Waals surface area contributed by atoms with E-state index in [2.05, 4.69) is 63.8 Å². The second kappa shape index (κ2) is 4.18. The molecule has 1 aliphatic heterocycles. The summed E-state index contributed by atoms with van der Waals surface area (Å²) in [5.41, 5.74) is 3.94. The summed E-state index contributed by atoms with van der Waals surface area (Å²) in [6.07, 6.45) is 5.13. The first-order valence-electron chi connectivity index (χ1n) is 6.81. The molecule has 0 aliphatic carbocycles. The zero-order valence-electron chi connectivity index (χ0n) is 12.4. The van der Waals surface area contributed by atoms with Crippen molar-refractivity contribution >= 4 is 11.9 Å². The van der Waals surface area contributed by atoms with E-state index in [-0.39, 0.29) is 10.8 Å². The molecule has 98 valence electrons. The molecule has 2 rings (SSSR count). The summed E-state index contributed by atoms with van der Waals surface area (Å²) in [7, 11) is 0. The van der Waals surface area contributed by atoms with Gasteiger partial charge in [-0.1, -0.05) is 41.5 Å². The topological polar surface area (TPSA) is 25.2 Å². The second-order valence-corrected chi connectivity index (χ2v) is 6.95. The van der Waals surface area contributed by atoms with Gasteiger partial charge in [-0.15, -0.1) is 0 Å². The molecular formula is C16H24N2. The number of hydrogen-bond donors (Lipinski definition) is 0. The zero-order chi connectivity index (χ0) is 13.6. The fourth-order valence-corrected chi connectivity index (χ4v) is 2.42. The van der Waals surface area contributed by atoms with Crippen LogP contribution in [0.3, 0.4) is 0 Å². The van der Waals surface area contributed by atoms with Crippen LogP contribution in [0, 0.1) is 5.41 Å². The van der Waals surface area contributed by atoms with Crippen molar-refractivity contribution in [2.45, 2.75) is 59.3 Å². The number of rotatable bonds is 2. The van der Waals surface area contributed by atoms with Gasteiger partial charge in [0.2, 0.25) is 0 Å². The molecule has 2 nitrogen and oxygen atoms in total. The minimum Gasteiger partial charge on any atom is -0.258 e. The van der Waals surface area contributed by atoms with Crippen molar-refractivity contribution in [1.29, 1.82) is 0 Å². The van der Waals surface area contributed by atoms with Gasteiger partial charge in [-0.25, -0.2) is 0 Å². The molecule has 2 heterocycles. The van der Waals surface area contributed by atoms with Crippen LogP contribution in [-0.2, 0) is 5.41 Å². The normalized spacial score (nSPS) is 19.1. The van der Waals surface area contributed by atoms with Crippen LogP contribution >= 0.6 is 0 Å². The SMILES string of the molecule is CCC(C)(C)c1ccnc2c1N=CC2C(C)(C)C. The molecule has 1 aromatic heterocycles. The van der Waals surface area contributed by atoms with Crippen LogP contribution in [0.15, 0.2) is 17.3 Å². The Morgan fingerprint density at radius 2 is 1.83 bits per heavy atom. The Bertz CT molecular complexity index is 478. The number of nitrogens with zero attached hydrogens (tertiary/aromatic N) is 2. The van der Waals surface area contributed by atoms with E-state index >= 15 is 0 Å². The molecule has 2 heteroatoms. The summed E-state index contributed by atoms with van der Waals surface area (Å²) in [6, 6.07) is 2.13. The minimum atomic E-state index is 0.164. The molecule has 1 aromatic rings. The van der Waals surface area contributed by atoms with Gasteiger partial charge in [-0.3, -0.25) is 9.98 Å². The van der Waals surface area contributed by atoms with Gasteiger partial charge >= 0.3 is 0 Å². The molecule has 0 saturated carbocycles. The van der Waals surface area contributed by atoms with E-state index in [4.69, 9.17) is 0 Å². The average Bonchev–Trinajstić information content (AvgIpc) is 2.71. The summed E-state index contributed by atoms with van der Waals surface area (Å²) in [6.45, 7) is 13.5. The van der Waals surface area contributed by atoms with Gasteiger partial charge in [0.25, 0.3) is 0 Å². The van der Waals surface area contributed by atoms with E-state index in [0.29, 0.717) is 5.92 Å². The monoisotopic (exact) mass is 244 g/mol. The lowest BCUT2D eigenvalue weighted by atomic mass is 9.77. The molecular weight excluding hydrogens is 220 g/mol. The lowest BCUT2D eigenvalue weighted by Gasteiger charge is -2.27. The van der Waals surface area contributed by atoms with Gasteiger partial charge in [-0.2, -0.15) is 0 Å². The number of aromatic nitrogens is 1. The van der Waals surface area contributed by atoms with E-state index in [1.165, 1.54) is 5.56 Å². The van der Waals surface area contributed by atoms with Crippen LogP contribution in [0.5, 0.6) is 0 Å². The van der Waals surface area contributed by atoms with Gasteiger partial charge in [-0.05, 0) is 28.9 Å². The quantitative estimate of drug-likeness (QED) is 0.745. The first-order valence-corrected chi connectivity index (χ1v) is 6.81. The summed E-state index contributed by atoms with van der Waals surface area (Å²) >= 11 is 0. The summed E-state index contributed by atoms with van der Waals surface area (Å²) in [4.78, 5) is 9.26. The molecule has 0 fully saturated rings. The fourth-order valence-electron chi connectivity index (χ4n) is 2.42. The first-order chi connectivity index (χ1) is 8.27. The lowest BCUT2D eigenvalue weighted by Crippen LogP contribution is -2.20. The van der Waals surface area contributed by atoms with Gasteiger partial charge < -0.3 is 0 Å². The van der Waals surface area contributed by atoms with E-state index in [9.17, 15) is 0 Å². The third kappa shape index (κ3) is 2.09. The number of aliphatic imine (C=N–C) groups is 1. The standard InChI is InChI=1S/C16H24N2/c1-7-16(5,6)11-8-9-17-14-12(15(2,3)4)10-18-13(11)14/h8-10,12H,7H2,1-6H3. The largest absolute Gasteiger partial charge is 0.258 e. The fraction of sp³-hybridized carbons (Fsp3) is 0.625. The lowest BCUT2D eigenvalue weighted by molar-refractivity contribution is 0.385. The van der Waals surface area contributed by atoms with Crippen LogP contribution in [0.25, 0.3) is 0 Å². The van der Waals surface area contributed by atoms with Gasteiger partial charge in [0, 0.05) is 18.3 Å². The predicted molar refractivity (Wildman–Crippen MR) is 77.9 cm³/mol. The Hall–Kier alpha value is -1.18. The summed E-state index contributed by atoms with van der Waals surface area (Å²) in [5, 5.41) is 0. The molecule has 0 radical (unpaired) electrons. The van der Waals surface area contributed by atoms with E-state index in [0.717, 1.165) is 17.8 Å². The maximum absolute atomic E-state index is 4.67. The number of pyridine rings is 1. The van der Waals surface area contributed by atoms with E-state index in [1.54, 1.807) is 0 Å². The Morgan fingerprint density at radius 3 is 2.39 bits per heavy atom. The third-order valence-corrected chi connectivity index (χ3v) is 4.15. The Kier molecular flexibility index (Phi) is 3.08. The molecule has 0 N–H and O–H groups in total. The van der Waals surface area contributed by atoms with E-state index < -0.39 is 0 Å². The van der Waals surface area contributed by atoms with Gasteiger partial charge in [0.15, 0.2) is 0 Å². The van der Waals surface area contributed by atoms with Crippen molar-refractivity contribution in [3.8, 4) is 0 Å². The molecule has 18 heavy (non-hydrogen) atoms. The number of fused-ring (bicyclic) bond motifs is 1. The third-order valence-electron chi connectivity index (χ3n) is 4.15. The number of hydrogen-bond acceptors (Lipinski definition) is 2. The van der Waals surface area contributed by atoms with Gasteiger partial charge in [0.05, 0.1) is 11.4 Å². The van der Waals surface area contributed by atoms with Crippen molar-refractivity contribution in [2.24, 2.45) is 10.4 Å². The Morgan fingerprint density at radius 1 is 1.17 bits per heavy atom. The molecule has 1 atom stereocenters. The highest BCUT2D eigenvalue weighted by molar-refractivity contribution is 5.82. The van der Waals surface area contributed by atoms with Crippen molar-refractivity contribution < 1.29 is 0 Å². The minimum absolute atomic E-state index is 0.164. The molecule has 0 spiro atoms. The van der Waals surface area contributed by atoms with Crippen LogP contribution in [0.2, 0.25) is 0 Å². The maximum atomic E-state index is 4.67. The summed E-state index contributed by atoms with van der Waals surface area (Å²) in [5.74, 6) is 0.333. The molecule has 1 unspecified atom stereocenters. The first kappa shape index (κ1) is 13.3. The van der Waals surface area contributed by atoms with Crippen LogP contribution < -0.4 is 0 Å². The second-order valence-electron chi connectivity index (χ2n) is 6.95. The Labute approximate surface area is 111 Å².